The van der Waals surface area contributed by atoms with Crippen molar-refractivity contribution in [2.24, 2.45) is 0 Å². The smallest absolute Gasteiger partial charge is 0.133 e. The lowest BCUT2D eigenvalue weighted by Crippen LogP contribution is -2.40. The molecule has 0 heterocycles. The molecule has 0 N–H and O–H groups in total. The molecule has 0 amide bonds. The van der Waals surface area contributed by atoms with Gasteiger partial charge in [-0.2, -0.15) is 0 Å². The molecule has 0 saturated carbocycles. The third kappa shape index (κ3) is 4.92. The first-order valence-electron chi connectivity index (χ1n) is 6.59. The van der Waals surface area contributed by atoms with Gasteiger partial charge in [-0.1, -0.05) is 41.5 Å². The Balaban J connectivity index is 2.83. The maximum absolute atomic E-state index is 13.0. The van der Waals surface area contributed by atoms with Crippen LogP contribution in [0.2, 0.25) is 10.1 Å². The summed E-state index contributed by atoms with van der Waals surface area (Å²) in [5.41, 5.74) is 0. The molecule has 4 heteroatoms. The molecule has 0 aromatic heterocycles. The van der Waals surface area contributed by atoms with E-state index in [9.17, 15) is 4.39 Å². The van der Waals surface area contributed by atoms with Gasteiger partial charge in [-0.25, -0.2) is 4.39 Å². The fourth-order valence-corrected chi connectivity index (χ4v) is 6.97. The summed E-state index contributed by atoms with van der Waals surface area (Å²) in [6.45, 7) is 13.7. The third-order valence-electron chi connectivity index (χ3n) is 3.39. The summed E-state index contributed by atoms with van der Waals surface area (Å²) in [4.78, 5) is 0. The number of rotatable bonds is 3. The summed E-state index contributed by atoms with van der Waals surface area (Å²) in [7, 11) is -1.15. The van der Waals surface area contributed by atoms with E-state index in [0.29, 0.717) is 14.5 Å². The molecule has 1 aromatic rings. The first kappa shape index (κ1) is 16.7. The molecule has 1 aromatic carbocycles. The van der Waals surface area contributed by atoms with Crippen molar-refractivity contribution in [3.8, 4) is 5.75 Å². The van der Waals surface area contributed by atoms with E-state index < -0.39 is 8.80 Å². The standard InChI is InChI=1S/C15H24BrFOSi/c1-14(2,3)19(15(4,5)6)10-18-13-8-7-11(17)9-12(13)16/h7-9,19H,10H2,1-6H3. The van der Waals surface area contributed by atoms with Gasteiger partial charge >= 0.3 is 0 Å². The summed E-state index contributed by atoms with van der Waals surface area (Å²) in [6, 6.07) is 4.57. The third-order valence-corrected chi connectivity index (χ3v) is 8.69. The Morgan fingerprint density at radius 3 is 2.05 bits per heavy atom. The molecule has 0 saturated heterocycles. The highest BCUT2D eigenvalue weighted by molar-refractivity contribution is 9.10. The van der Waals surface area contributed by atoms with Gasteiger partial charge in [0.25, 0.3) is 0 Å². The van der Waals surface area contributed by atoms with Crippen LogP contribution in [0.5, 0.6) is 5.75 Å². The van der Waals surface area contributed by atoms with E-state index in [2.05, 4.69) is 57.5 Å². The SMILES string of the molecule is CC(C)(C)[SiH](COc1ccc(F)cc1Br)C(C)(C)C. The van der Waals surface area contributed by atoms with Crippen molar-refractivity contribution in [1.29, 1.82) is 0 Å². The molecule has 0 radical (unpaired) electrons. The van der Waals surface area contributed by atoms with Crippen LogP contribution >= 0.6 is 15.9 Å². The lowest BCUT2D eigenvalue weighted by molar-refractivity contribution is 0.364. The average molecular weight is 347 g/mol. The zero-order valence-electron chi connectivity index (χ0n) is 12.7. The highest BCUT2D eigenvalue weighted by Crippen LogP contribution is 2.42. The zero-order chi connectivity index (χ0) is 14.8. The molecule has 1 nitrogen and oxygen atoms in total. The van der Waals surface area contributed by atoms with Crippen LogP contribution in [0.15, 0.2) is 22.7 Å². The molecule has 0 aliphatic rings. The van der Waals surface area contributed by atoms with Crippen molar-refractivity contribution >= 4 is 24.7 Å². The molecule has 0 unspecified atom stereocenters. The van der Waals surface area contributed by atoms with Crippen LogP contribution < -0.4 is 4.74 Å². The molecule has 0 aliphatic heterocycles. The van der Waals surface area contributed by atoms with Gasteiger partial charge in [0.15, 0.2) is 0 Å². The molecule has 0 spiro atoms. The predicted octanol–water partition coefficient (Wildman–Crippen LogP) is 5.33. The molecule has 108 valence electrons. The Morgan fingerprint density at radius 2 is 1.63 bits per heavy atom. The van der Waals surface area contributed by atoms with Crippen molar-refractivity contribution in [3.63, 3.8) is 0 Å². The van der Waals surface area contributed by atoms with E-state index in [1.807, 2.05) is 0 Å². The van der Waals surface area contributed by atoms with Crippen molar-refractivity contribution in [3.05, 3.63) is 28.5 Å². The van der Waals surface area contributed by atoms with Gasteiger partial charge in [0, 0.05) is 0 Å². The first-order valence-corrected chi connectivity index (χ1v) is 9.36. The van der Waals surface area contributed by atoms with Crippen molar-refractivity contribution in [2.75, 3.05) is 6.23 Å². The summed E-state index contributed by atoms with van der Waals surface area (Å²) in [6.07, 6.45) is 0.761. The zero-order valence-corrected chi connectivity index (χ0v) is 15.4. The van der Waals surface area contributed by atoms with Gasteiger partial charge in [0.2, 0.25) is 0 Å². The van der Waals surface area contributed by atoms with Crippen molar-refractivity contribution < 1.29 is 9.13 Å². The molecule has 0 bridgehead atoms. The lowest BCUT2D eigenvalue weighted by Gasteiger charge is -2.39. The summed E-state index contributed by atoms with van der Waals surface area (Å²) in [5, 5.41) is 0.593. The molecule has 1 rings (SSSR count). The summed E-state index contributed by atoms with van der Waals surface area (Å²) >= 11 is 3.35. The molecular formula is C15H24BrFOSi. The van der Waals surface area contributed by atoms with Crippen LogP contribution in [0.25, 0.3) is 0 Å². The van der Waals surface area contributed by atoms with Gasteiger partial charge in [-0.15, -0.1) is 0 Å². The number of halogens is 2. The molecule has 0 fully saturated rings. The largest absolute Gasteiger partial charge is 0.496 e. The highest BCUT2D eigenvalue weighted by Gasteiger charge is 2.37. The fraction of sp³-hybridized carbons (Fsp3) is 0.600. The van der Waals surface area contributed by atoms with Gasteiger partial charge in [0.05, 0.1) is 19.5 Å². The van der Waals surface area contributed by atoms with E-state index in [1.165, 1.54) is 12.1 Å². The Hall–Kier alpha value is -0.353. The number of ether oxygens (including phenoxy) is 1. The van der Waals surface area contributed by atoms with Crippen LogP contribution in [0.1, 0.15) is 41.5 Å². The molecule has 0 aliphatic carbocycles. The van der Waals surface area contributed by atoms with E-state index in [4.69, 9.17) is 4.74 Å². The molecule has 19 heavy (non-hydrogen) atoms. The fourth-order valence-electron chi connectivity index (χ4n) is 2.56. The highest BCUT2D eigenvalue weighted by atomic mass is 79.9. The lowest BCUT2D eigenvalue weighted by atomic mass is 10.2. The van der Waals surface area contributed by atoms with E-state index in [-0.39, 0.29) is 5.82 Å². The van der Waals surface area contributed by atoms with Crippen LogP contribution in [-0.2, 0) is 0 Å². The average Bonchev–Trinajstić information content (AvgIpc) is 2.17. The van der Waals surface area contributed by atoms with Crippen LogP contribution in [0.4, 0.5) is 4.39 Å². The van der Waals surface area contributed by atoms with Gasteiger partial charge in [0.1, 0.15) is 11.6 Å². The second kappa shape index (κ2) is 5.96. The minimum atomic E-state index is -1.15. The quantitative estimate of drug-likeness (QED) is 0.671. The maximum atomic E-state index is 13.0. The van der Waals surface area contributed by atoms with E-state index >= 15 is 0 Å². The monoisotopic (exact) mass is 346 g/mol. The topological polar surface area (TPSA) is 9.23 Å². The predicted molar refractivity (Wildman–Crippen MR) is 86.2 cm³/mol. The number of hydrogen-bond donors (Lipinski definition) is 0. The van der Waals surface area contributed by atoms with Crippen molar-refractivity contribution in [1.82, 2.24) is 0 Å². The molecule has 0 atom stereocenters. The second-order valence-corrected chi connectivity index (χ2v) is 12.9. The van der Waals surface area contributed by atoms with Crippen LogP contribution in [0.3, 0.4) is 0 Å². The Kier molecular flexibility index (Phi) is 5.24. The molecular weight excluding hydrogens is 323 g/mol. The Bertz CT molecular complexity index is 421. The normalized spacial score (nSPS) is 12.9. The van der Waals surface area contributed by atoms with E-state index in [0.717, 1.165) is 12.0 Å². The minimum Gasteiger partial charge on any atom is -0.496 e. The minimum absolute atomic E-state index is 0.250. The Morgan fingerprint density at radius 1 is 1.11 bits per heavy atom. The number of benzene rings is 1. The second-order valence-electron chi connectivity index (χ2n) is 7.17. The first-order chi connectivity index (χ1) is 8.51. The van der Waals surface area contributed by atoms with Crippen molar-refractivity contribution in [2.45, 2.75) is 51.6 Å². The summed E-state index contributed by atoms with van der Waals surface area (Å²) < 4.78 is 19.7. The van der Waals surface area contributed by atoms with E-state index in [1.54, 1.807) is 6.07 Å². The van der Waals surface area contributed by atoms with Crippen LogP contribution in [-0.4, -0.2) is 15.0 Å². The van der Waals surface area contributed by atoms with Gasteiger partial charge in [-0.3, -0.25) is 0 Å². The van der Waals surface area contributed by atoms with Gasteiger partial charge in [-0.05, 0) is 44.2 Å². The van der Waals surface area contributed by atoms with Gasteiger partial charge < -0.3 is 4.74 Å². The maximum Gasteiger partial charge on any atom is 0.133 e. The Labute approximate surface area is 126 Å². The number of hydrogen-bond acceptors (Lipinski definition) is 1. The summed E-state index contributed by atoms with van der Waals surface area (Å²) in [5.74, 6) is 0.479. The van der Waals surface area contributed by atoms with Crippen LogP contribution in [0, 0.1) is 5.82 Å².